The summed E-state index contributed by atoms with van der Waals surface area (Å²) in [5, 5.41) is 0.744. The highest BCUT2D eigenvalue weighted by molar-refractivity contribution is 6.30. The van der Waals surface area contributed by atoms with Crippen LogP contribution in [0.5, 0.6) is 0 Å². The van der Waals surface area contributed by atoms with Crippen LogP contribution in [0.1, 0.15) is 57.9 Å². The molecule has 28 heavy (non-hydrogen) atoms. The van der Waals surface area contributed by atoms with Gasteiger partial charge in [0.1, 0.15) is 5.69 Å². The van der Waals surface area contributed by atoms with Gasteiger partial charge in [-0.3, -0.25) is 14.5 Å². The molecule has 1 amide bonds. The topological polar surface area (TPSA) is 56.4 Å². The van der Waals surface area contributed by atoms with E-state index in [-0.39, 0.29) is 11.7 Å². The lowest BCUT2D eigenvalue weighted by atomic mass is 10.0. The van der Waals surface area contributed by atoms with Crippen molar-refractivity contribution in [2.45, 2.75) is 40.2 Å². The summed E-state index contributed by atoms with van der Waals surface area (Å²) in [5.74, 6) is 0.0224. The van der Waals surface area contributed by atoms with Crippen molar-refractivity contribution in [1.29, 1.82) is 0 Å². The molecule has 3 rings (SSSR count). The van der Waals surface area contributed by atoms with Crippen molar-refractivity contribution in [3.8, 4) is 0 Å². The second-order valence-corrected chi connectivity index (χ2v) is 7.92. The van der Waals surface area contributed by atoms with Gasteiger partial charge in [0.25, 0.3) is 5.91 Å². The zero-order valence-corrected chi connectivity index (χ0v) is 17.6. The van der Waals surface area contributed by atoms with Crippen LogP contribution in [0.2, 0.25) is 5.02 Å². The number of nitrogens with zero attached hydrogens (tertiary/aromatic N) is 2. The van der Waals surface area contributed by atoms with E-state index in [0.29, 0.717) is 24.3 Å². The van der Waals surface area contributed by atoms with Crippen molar-refractivity contribution in [1.82, 2.24) is 14.8 Å². The van der Waals surface area contributed by atoms with Gasteiger partial charge in [-0.15, -0.1) is 0 Å². The van der Waals surface area contributed by atoms with Gasteiger partial charge in [-0.25, -0.2) is 0 Å². The molecule has 1 aliphatic heterocycles. The molecule has 0 atom stereocenters. The van der Waals surface area contributed by atoms with Crippen LogP contribution in [0.3, 0.4) is 0 Å². The number of aromatic amines is 1. The molecule has 1 aromatic carbocycles. The van der Waals surface area contributed by atoms with Crippen molar-refractivity contribution in [2.75, 3.05) is 26.2 Å². The summed E-state index contributed by atoms with van der Waals surface area (Å²) >= 11 is 5.95. The van der Waals surface area contributed by atoms with Crippen LogP contribution in [0, 0.1) is 6.92 Å². The number of piperazine rings is 1. The molecule has 0 bridgehead atoms. The zero-order valence-electron chi connectivity index (χ0n) is 16.8. The average Bonchev–Trinajstić information content (AvgIpc) is 3.00. The Kier molecular flexibility index (Phi) is 6.57. The number of H-pyrrole nitrogens is 1. The van der Waals surface area contributed by atoms with E-state index in [1.165, 1.54) is 5.56 Å². The van der Waals surface area contributed by atoms with Crippen LogP contribution in [-0.2, 0) is 13.0 Å². The normalized spacial score (nSPS) is 15.1. The molecule has 0 unspecified atom stereocenters. The third kappa shape index (κ3) is 4.47. The Morgan fingerprint density at radius 3 is 2.32 bits per heavy atom. The zero-order chi connectivity index (χ0) is 20.3. The molecule has 5 nitrogen and oxygen atoms in total. The lowest BCUT2D eigenvalue weighted by Gasteiger charge is -2.34. The highest BCUT2D eigenvalue weighted by atomic mass is 35.5. The standard InChI is InChI=1S/C22H28ClN3O2/c1-4-5-19-20(16(3)27)15(2)24-21(19)22(28)26-12-10-25(11-13-26)14-17-6-8-18(23)9-7-17/h6-9,24H,4-5,10-14H2,1-3H3. The number of carbonyl (C=O) groups is 2. The summed E-state index contributed by atoms with van der Waals surface area (Å²) < 4.78 is 0. The lowest BCUT2D eigenvalue weighted by molar-refractivity contribution is 0.0622. The number of rotatable bonds is 6. The minimum absolute atomic E-state index is 0.00481. The Morgan fingerprint density at radius 1 is 1.11 bits per heavy atom. The van der Waals surface area contributed by atoms with Gasteiger partial charge < -0.3 is 9.88 Å². The molecule has 2 aromatic rings. The minimum atomic E-state index is 0.00481. The molecule has 2 heterocycles. The first kappa shape index (κ1) is 20.6. The van der Waals surface area contributed by atoms with E-state index in [0.717, 1.165) is 48.8 Å². The van der Waals surface area contributed by atoms with Gasteiger partial charge in [0.15, 0.2) is 5.78 Å². The van der Waals surface area contributed by atoms with Crippen LogP contribution in [-0.4, -0.2) is 52.7 Å². The maximum atomic E-state index is 13.1. The molecule has 1 N–H and O–H groups in total. The van der Waals surface area contributed by atoms with Crippen LogP contribution in [0.4, 0.5) is 0 Å². The van der Waals surface area contributed by atoms with E-state index < -0.39 is 0 Å². The van der Waals surface area contributed by atoms with E-state index >= 15 is 0 Å². The van der Waals surface area contributed by atoms with E-state index in [9.17, 15) is 9.59 Å². The van der Waals surface area contributed by atoms with Gasteiger partial charge in [0.2, 0.25) is 0 Å². The first-order chi connectivity index (χ1) is 13.4. The molecular formula is C22H28ClN3O2. The maximum absolute atomic E-state index is 13.1. The van der Waals surface area contributed by atoms with Crippen LogP contribution >= 0.6 is 11.6 Å². The molecule has 0 spiro atoms. The Balaban J connectivity index is 1.67. The fraction of sp³-hybridized carbons (Fsp3) is 0.455. The van der Waals surface area contributed by atoms with Crippen molar-refractivity contribution >= 4 is 23.3 Å². The Bertz CT molecular complexity index is 849. The number of Topliss-reactive ketones (excluding diaryl/α,β-unsaturated/α-hetero) is 1. The SMILES string of the molecule is CCCc1c(C(=O)N2CCN(Cc3ccc(Cl)cc3)CC2)[nH]c(C)c1C(C)=O. The molecule has 1 saturated heterocycles. The number of halogens is 1. The lowest BCUT2D eigenvalue weighted by Crippen LogP contribution is -2.48. The third-order valence-electron chi connectivity index (χ3n) is 5.34. The van der Waals surface area contributed by atoms with Crippen LogP contribution in [0.15, 0.2) is 24.3 Å². The number of hydrogen-bond acceptors (Lipinski definition) is 3. The summed E-state index contributed by atoms with van der Waals surface area (Å²) in [4.78, 5) is 32.6. The quantitative estimate of drug-likeness (QED) is 0.741. The predicted octanol–water partition coefficient (Wildman–Crippen LogP) is 4.09. The van der Waals surface area contributed by atoms with Gasteiger partial charge in [-0.05, 0) is 43.5 Å². The number of nitrogens with one attached hydrogen (secondary N) is 1. The number of benzene rings is 1. The summed E-state index contributed by atoms with van der Waals surface area (Å²) in [5.41, 5.74) is 4.17. The summed E-state index contributed by atoms with van der Waals surface area (Å²) in [7, 11) is 0. The smallest absolute Gasteiger partial charge is 0.270 e. The van der Waals surface area contributed by atoms with Gasteiger partial charge in [0.05, 0.1) is 0 Å². The predicted molar refractivity (Wildman–Crippen MR) is 112 cm³/mol. The third-order valence-corrected chi connectivity index (χ3v) is 5.59. The van der Waals surface area contributed by atoms with Gasteiger partial charge in [0, 0.05) is 49.0 Å². The molecule has 1 aliphatic rings. The second-order valence-electron chi connectivity index (χ2n) is 7.48. The highest BCUT2D eigenvalue weighted by Crippen LogP contribution is 2.23. The van der Waals surface area contributed by atoms with E-state index in [1.54, 1.807) is 6.92 Å². The maximum Gasteiger partial charge on any atom is 0.270 e. The van der Waals surface area contributed by atoms with E-state index in [4.69, 9.17) is 11.6 Å². The van der Waals surface area contributed by atoms with E-state index in [1.807, 2.05) is 36.1 Å². The summed E-state index contributed by atoms with van der Waals surface area (Å²) in [6, 6.07) is 7.90. The molecule has 0 aliphatic carbocycles. The number of carbonyl (C=O) groups excluding carboxylic acids is 2. The fourth-order valence-electron chi connectivity index (χ4n) is 3.95. The van der Waals surface area contributed by atoms with Gasteiger partial charge in [-0.1, -0.05) is 37.1 Å². The number of aryl methyl sites for hydroxylation is 1. The largest absolute Gasteiger partial charge is 0.354 e. The Morgan fingerprint density at radius 2 is 1.75 bits per heavy atom. The first-order valence-corrected chi connectivity index (χ1v) is 10.3. The summed E-state index contributed by atoms with van der Waals surface area (Å²) in [6.45, 7) is 9.40. The molecule has 0 radical (unpaired) electrons. The molecule has 1 aromatic heterocycles. The first-order valence-electron chi connectivity index (χ1n) is 9.89. The van der Waals surface area contributed by atoms with Crippen molar-refractivity contribution in [2.24, 2.45) is 0 Å². The molecule has 1 fully saturated rings. The Labute approximate surface area is 171 Å². The minimum Gasteiger partial charge on any atom is -0.354 e. The van der Waals surface area contributed by atoms with Crippen LogP contribution < -0.4 is 0 Å². The van der Waals surface area contributed by atoms with E-state index in [2.05, 4.69) is 16.8 Å². The van der Waals surface area contributed by atoms with Crippen molar-refractivity contribution in [3.63, 3.8) is 0 Å². The number of ketones is 1. The monoisotopic (exact) mass is 401 g/mol. The van der Waals surface area contributed by atoms with Crippen molar-refractivity contribution < 1.29 is 9.59 Å². The fourth-order valence-corrected chi connectivity index (χ4v) is 4.08. The average molecular weight is 402 g/mol. The Hall–Kier alpha value is -2.11. The highest BCUT2D eigenvalue weighted by Gasteiger charge is 2.28. The summed E-state index contributed by atoms with van der Waals surface area (Å²) in [6.07, 6.45) is 1.63. The van der Waals surface area contributed by atoms with Gasteiger partial charge >= 0.3 is 0 Å². The van der Waals surface area contributed by atoms with Gasteiger partial charge in [-0.2, -0.15) is 0 Å². The van der Waals surface area contributed by atoms with Crippen LogP contribution in [0.25, 0.3) is 0 Å². The molecule has 0 saturated carbocycles. The number of aromatic nitrogens is 1. The number of amides is 1. The van der Waals surface area contributed by atoms with Crippen molar-refractivity contribution in [3.05, 3.63) is 57.4 Å². The molecule has 150 valence electrons. The second kappa shape index (κ2) is 8.93. The number of hydrogen-bond donors (Lipinski definition) is 1. The molecule has 6 heteroatoms. The molecular weight excluding hydrogens is 374 g/mol.